The summed E-state index contributed by atoms with van der Waals surface area (Å²) in [6.45, 7) is 4.76. The van der Waals surface area contributed by atoms with E-state index in [1.165, 1.54) is 12.1 Å². The molecule has 2 amide bonds. The SMILES string of the molecule is Cc1cc(C(=O)N2CCN(CCC(=O)Nc3ccc(Br)cc3F)CC2)on1. The number of nitrogens with zero attached hydrogens (tertiary/aromatic N) is 3. The van der Waals surface area contributed by atoms with Crippen LogP contribution in [0, 0.1) is 12.7 Å². The third-order valence-electron chi connectivity index (χ3n) is 4.36. The molecule has 0 saturated carbocycles. The fraction of sp³-hybridized carbons (Fsp3) is 0.389. The van der Waals surface area contributed by atoms with Crippen LogP contribution < -0.4 is 5.32 Å². The van der Waals surface area contributed by atoms with Crippen LogP contribution in [-0.4, -0.2) is 59.5 Å². The van der Waals surface area contributed by atoms with Gasteiger partial charge in [-0.3, -0.25) is 14.5 Å². The second-order valence-corrected chi connectivity index (χ2v) is 7.30. The van der Waals surface area contributed by atoms with Gasteiger partial charge in [-0.05, 0) is 25.1 Å². The lowest BCUT2D eigenvalue weighted by Gasteiger charge is -2.34. The van der Waals surface area contributed by atoms with E-state index >= 15 is 0 Å². The van der Waals surface area contributed by atoms with E-state index in [9.17, 15) is 14.0 Å². The number of amides is 2. The zero-order valence-electron chi connectivity index (χ0n) is 14.9. The number of hydrogen-bond acceptors (Lipinski definition) is 5. The van der Waals surface area contributed by atoms with Crippen LogP contribution in [0.2, 0.25) is 0 Å². The number of rotatable bonds is 5. The molecule has 1 fully saturated rings. The molecule has 27 heavy (non-hydrogen) atoms. The van der Waals surface area contributed by atoms with E-state index in [0.717, 1.165) is 0 Å². The molecule has 0 spiro atoms. The highest BCUT2D eigenvalue weighted by atomic mass is 79.9. The maximum Gasteiger partial charge on any atom is 0.292 e. The Balaban J connectivity index is 1.42. The number of piperazine rings is 1. The summed E-state index contributed by atoms with van der Waals surface area (Å²) < 4.78 is 19.4. The van der Waals surface area contributed by atoms with Crippen molar-refractivity contribution >= 4 is 33.4 Å². The van der Waals surface area contributed by atoms with Crippen LogP contribution >= 0.6 is 15.9 Å². The minimum absolute atomic E-state index is 0.168. The Morgan fingerprint density at radius 2 is 2.00 bits per heavy atom. The molecular weight excluding hydrogens is 419 g/mol. The van der Waals surface area contributed by atoms with E-state index in [0.29, 0.717) is 42.9 Å². The molecule has 2 heterocycles. The minimum atomic E-state index is -0.479. The lowest BCUT2D eigenvalue weighted by Crippen LogP contribution is -2.49. The van der Waals surface area contributed by atoms with Gasteiger partial charge in [0.2, 0.25) is 11.7 Å². The third kappa shape index (κ3) is 5.14. The highest BCUT2D eigenvalue weighted by molar-refractivity contribution is 9.10. The van der Waals surface area contributed by atoms with Crippen LogP contribution in [-0.2, 0) is 4.79 Å². The average Bonchev–Trinajstić information content (AvgIpc) is 3.08. The standard InChI is InChI=1S/C18H20BrFN4O3/c1-12-10-16(27-22-12)18(26)24-8-6-23(7-9-24)5-4-17(25)21-15-3-2-13(19)11-14(15)20/h2-3,10-11H,4-9H2,1H3,(H,21,25). The van der Waals surface area contributed by atoms with Gasteiger partial charge in [0.25, 0.3) is 5.91 Å². The molecular formula is C18H20BrFN4O3. The Labute approximate surface area is 164 Å². The topological polar surface area (TPSA) is 78.7 Å². The first-order chi connectivity index (χ1) is 12.9. The molecule has 1 aromatic heterocycles. The van der Waals surface area contributed by atoms with Crippen molar-refractivity contribution in [3.05, 3.63) is 46.0 Å². The van der Waals surface area contributed by atoms with Crippen molar-refractivity contribution < 1.29 is 18.5 Å². The van der Waals surface area contributed by atoms with E-state index in [2.05, 4.69) is 31.3 Å². The first-order valence-electron chi connectivity index (χ1n) is 8.62. The van der Waals surface area contributed by atoms with Crippen molar-refractivity contribution in [1.29, 1.82) is 0 Å². The molecule has 1 aliphatic rings. The maximum atomic E-state index is 13.8. The van der Waals surface area contributed by atoms with Crippen LogP contribution in [0.1, 0.15) is 22.7 Å². The molecule has 7 nitrogen and oxygen atoms in total. The largest absolute Gasteiger partial charge is 0.351 e. The Kier molecular flexibility index (Phi) is 6.22. The Morgan fingerprint density at radius 3 is 2.63 bits per heavy atom. The number of benzene rings is 1. The van der Waals surface area contributed by atoms with Gasteiger partial charge in [-0.1, -0.05) is 21.1 Å². The molecule has 0 atom stereocenters. The summed E-state index contributed by atoms with van der Waals surface area (Å²) in [5.74, 6) is -0.644. The molecule has 1 N–H and O–H groups in total. The van der Waals surface area contributed by atoms with Gasteiger partial charge >= 0.3 is 0 Å². The van der Waals surface area contributed by atoms with Crippen LogP contribution in [0.3, 0.4) is 0 Å². The van der Waals surface area contributed by atoms with Gasteiger partial charge < -0.3 is 14.7 Å². The van der Waals surface area contributed by atoms with Gasteiger partial charge in [0.15, 0.2) is 0 Å². The molecule has 0 aliphatic carbocycles. The summed E-state index contributed by atoms with van der Waals surface area (Å²) in [5.41, 5.74) is 0.839. The van der Waals surface area contributed by atoms with Gasteiger partial charge in [0.1, 0.15) is 5.82 Å². The molecule has 2 aromatic rings. The lowest BCUT2D eigenvalue weighted by molar-refractivity contribution is -0.116. The van der Waals surface area contributed by atoms with Crippen molar-refractivity contribution in [2.24, 2.45) is 0 Å². The molecule has 0 unspecified atom stereocenters. The number of carbonyl (C=O) groups excluding carboxylic acids is 2. The number of nitrogens with one attached hydrogen (secondary N) is 1. The van der Waals surface area contributed by atoms with Gasteiger partial charge in [-0.15, -0.1) is 0 Å². The van der Waals surface area contributed by atoms with Crippen LogP contribution in [0.25, 0.3) is 0 Å². The quantitative estimate of drug-likeness (QED) is 0.775. The van der Waals surface area contributed by atoms with Crippen molar-refractivity contribution in [2.75, 3.05) is 38.0 Å². The summed E-state index contributed by atoms with van der Waals surface area (Å²) in [7, 11) is 0. The van der Waals surface area contributed by atoms with E-state index in [4.69, 9.17) is 4.52 Å². The maximum absolute atomic E-state index is 13.8. The van der Waals surface area contributed by atoms with Gasteiger partial charge in [-0.2, -0.15) is 0 Å². The highest BCUT2D eigenvalue weighted by Gasteiger charge is 2.24. The lowest BCUT2D eigenvalue weighted by atomic mass is 10.2. The number of aryl methyl sites for hydroxylation is 1. The second-order valence-electron chi connectivity index (χ2n) is 6.39. The zero-order chi connectivity index (χ0) is 19.4. The van der Waals surface area contributed by atoms with E-state index < -0.39 is 5.82 Å². The normalized spacial score (nSPS) is 15.0. The monoisotopic (exact) mass is 438 g/mol. The minimum Gasteiger partial charge on any atom is -0.351 e. The van der Waals surface area contributed by atoms with Gasteiger partial charge in [-0.25, -0.2) is 4.39 Å². The number of halogens is 2. The number of anilines is 1. The van der Waals surface area contributed by atoms with E-state index in [1.807, 2.05) is 0 Å². The predicted octanol–water partition coefficient (Wildman–Crippen LogP) is 2.67. The summed E-state index contributed by atoms with van der Waals surface area (Å²) in [6.07, 6.45) is 0.255. The Hall–Kier alpha value is -2.26. The van der Waals surface area contributed by atoms with Crippen LogP contribution in [0.4, 0.5) is 10.1 Å². The molecule has 9 heteroatoms. The molecule has 1 aliphatic heterocycles. The Morgan fingerprint density at radius 1 is 1.26 bits per heavy atom. The van der Waals surface area contributed by atoms with Gasteiger partial charge in [0, 0.05) is 49.7 Å². The second kappa shape index (κ2) is 8.62. The number of carbonyl (C=O) groups is 2. The van der Waals surface area contributed by atoms with Gasteiger partial charge in [0.05, 0.1) is 11.4 Å². The summed E-state index contributed by atoms with van der Waals surface area (Å²) in [5, 5.41) is 6.32. The Bertz CT molecular complexity index is 834. The average molecular weight is 439 g/mol. The van der Waals surface area contributed by atoms with Crippen LogP contribution in [0.15, 0.2) is 33.3 Å². The molecule has 144 valence electrons. The zero-order valence-corrected chi connectivity index (χ0v) is 16.5. The fourth-order valence-corrected chi connectivity index (χ4v) is 3.19. The van der Waals surface area contributed by atoms with E-state index in [1.54, 1.807) is 24.0 Å². The third-order valence-corrected chi connectivity index (χ3v) is 4.85. The molecule has 1 saturated heterocycles. The number of aromatic nitrogens is 1. The molecule has 0 bridgehead atoms. The van der Waals surface area contributed by atoms with E-state index in [-0.39, 0.29) is 29.7 Å². The molecule has 0 radical (unpaired) electrons. The molecule has 3 rings (SSSR count). The highest BCUT2D eigenvalue weighted by Crippen LogP contribution is 2.19. The van der Waals surface area contributed by atoms with Crippen molar-refractivity contribution in [2.45, 2.75) is 13.3 Å². The summed E-state index contributed by atoms with van der Waals surface area (Å²) in [4.78, 5) is 28.2. The first-order valence-corrected chi connectivity index (χ1v) is 9.41. The molecule has 1 aromatic carbocycles. The number of hydrogen-bond donors (Lipinski definition) is 1. The summed E-state index contributed by atoms with van der Waals surface area (Å²) in [6, 6.07) is 6.13. The first kappa shape index (κ1) is 19.5. The summed E-state index contributed by atoms with van der Waals surface area (Å²) >= 11 is 3.18. The predicted molar refractivity (Wildman–Crippen MR) is 101 cm³/mol. The fourth-order valence-electron chi connectivity index (χ4n) is 2.86. The van der Waals surface area contributed by atoms with Crippen molar-refractivity contribution in [3.63, 3.8) is 0 Å². The smallest absolute Gasteiger partial charge is 0.292 e. The van der Waals surface area contributed by atoms with Crippen molar-refractivity contribution in [3.8, 4) is 0 Å². The van der Waals surface area contributed by atoms with Crippen molar-refractivity contribution in [1.82, 2.24) is 15.0 Å². The van der Waals surface area contributed by atoms with Crippen LogP contribution in [0.5, 0.6) is 0 Å².